The summed E-state index contributed by atoms with van der Waals surface area (Å²) >= 11 is 0. The van der Waals surface area contributed by atoms with Gasteiger partial charge in [-0.2, -0.15) is 8.42 Å². The van der Waals surface area contributed by atoms with E-state index in [1.807, 2.05) is 6.07 Å². The Labute approximate surface area is 163 Å². The maximum atomic E-state index is 12.1. The number of benzene rings is 2. The van der Waals surface area contributed by atoms with Crippen LogP contribution in [-0.4, -0.2) is 32.9 Å². The van der Waals surface area contributed by atoms with Crippen LogP contribution in [0.3, 0.4) is 0 Å². The third-order valence-corrected chi connectivity index (χ3v) is 4.06. The smallest absolute Gasteiger partial charge is 0.296 e. The predicted molar refractivity (Wildman–Crippen MR) is 105 cm³/mol. The molecule has 28 heavy (non-hydrogen) atoms. The Morgan fingerprint density at radius 3 is 2.50 bits per heavy atom. The molecule has 2 aromatic carbocycles. The molecule has 0 saturated heterocycles. The number of hydrogen-bond acceptors (Lipinski definition) is 5. The molecule has 1 atom stereocenters. The Balaban J connectivity index is 1.79. The lowest BCUT2D eigenvalue weighted by atomic mass is 10.2. The lowest BCUT2D eigenvalue weighted by Crippen LogP contribution is -2.46. The second-order valence-corrected chi connectivity index (χ2v) is 7.25. The Bertz CT molecular complexity index is 919. The number of rotatable bonds is 9. The average molecular weight is 406 g/mol. The van der Waals surface area contributed by atoms with Crippen molar-refractivity contribution in [3.8, 4) is 5.75 Å². The Hall–Kier alpha value is -3.11. The van der Waals surface area contributed by atoms with E-state index in [4.69, 9.17) is 9.88 Å². The van der Waals surface area contributed by atoms with Crippen LogP contribution in [0.4, 0.5) is 5.69 Å². The zero-order chi connectivity index (χ0) is 20.6. The van der Waals surface area contributed by atoms with Crippen molar-refractivity contribution < 1.29 is 22.7 Å². The highest BCUT2D eigenvalue weighted by atomic mass is 32.2. The van der Waals surface area contributed by atoms with Crippen molar-refractivity contribution in [3.63, 3.8) is 0 Å². The predicted octanol–water partition coefficient (Wildman–Crippen LogP) is 0.502. The number of para-hydroxylation sites is 1. The van der Waals surface area contributed by atoms with Gasteiger partial charge in [-0.1, -0.05) is 30.3 Å². The molecule has 10 heteroatoms. The normalized spacial score (nSPS) is 11.9. The minimum Gasteiger partial charge on any atom is -0.484 e. The van der Waals surface area contributed by atoms with Crippen molar-refractivity contribution in [2.24, 2.45) is 5.14 Å². The molecule has 0 aliphatic heterocycles. The van der Waals surface area contributed by atoms with Gasteiger partial charge in [0.15, 0.2) is 6.61 Å². The molecule has 2 aromatic rings. The number of hydrogen-bond donors (Lipinski definition) is 4. The molecular formula is C18H22N4O5S. The van der Waals surface area contributed by atoms with Crippen LogP contribution in [0.2, 0.25) is 0 Å². The molecule has 0 radical (unpaired) electrons. The molecule has 150 valence electrons. The van der Waals surface area contributed by atoms with E-state index in [2.05, 4.69) is 15.4 Å². The lowest BCUT2D eigenvalue weighted by molar-refractivity contribution is -0.129. The fourth-order valence-corrected chi connectivity index (χ4v) is 2.72. The molecule has 0 fully saturated rings. The van der Waals surface area contributed by atoms with Crippen molar-refractivity contribution in [2.45, 2.75) is 19.5 Å². The first-order valence-electron chi connectivity index (χ1n) is 8.37. The first kappa shape index (κ1) is 21.2. The topological polar surface area (TPSA) is 140 Å². The van der Waals surface area contributed by atoms with E-state index in [1.165, 1.54) is 6.07 Å². The lowest BCUT2D eigenvalue weighted by Gasteiger charge is -2.15. The van der Waals surface area contributed by atoms with Gasteiger partial charge in [-0.3, -0.25) is 14.3 Å². The van der Waals surface area contributed by atoms with Crippen LogP contribution in [0.1, 0.15) is 12.5 Å². The van der Waals surface area contributed by atoms with Crippen LogP contribution in [-0.2, 0) is 26.3 Å². The standard InChI is InChI=1S/C18H22N4O5S/c1-13(21-17(23)12-27-16-8-3-2-4-9-16)18(24)20-11-14-6-5-7-15(10-14)22-28(19,25)26/h2-10,13,22H,11-12H2,1H3,(H,20,24)(H,21,23)(H2,19,25,26). The Morgan fingerprint density at radius 2 is 1.82 bits per heavy atom. The van der Waals surface area contributed by atoms with E-state index in [0.717, 1.165) is 0 Å². The van der Waals surface area contributed by atoms with Crippen molar-refractivity contribution in [1.29, 1.82) is 0 Å². The van der Waals surface area contributed by atoms with Gasteiger partial charge in [0.2, 0.25) is 5.91 Å². The largest absolute Gasteiger partial charge is 0.484 e. The van der Waals surface area contributed by atoms with Gasteiger partial charge >= 0.3 is 0 Å². The average Bonchev–Trinajstić information content (AvgIpc) is 2.64. The van der Waals surface area contributed by atoms with Crippen molar-refractivity contribution in [2.75, 3.05) is 11.3 Å². The summed E-state index contributed by atoms with van der Waals surface area (Å²) in [5.41, 5.74) is 0.946. The number of ether oxygens (including phenoxy) is 1. The molecule has 0 heterocycles. The SMILES string of the molecule is CC(NC(=O)COc1ccccc1)C(=O)NCc1cccc(NS(N)(=O)=O)c1. The Kier molecular flexibility index (Phi) is 7.36. The quantitative estimate of drug-likeness (QED) is 0.480. The summed E-state index contributed by atoms with van der Waals surface area (Å²) in [5.74, 6) is -0.258. The van der Waals surface area contributed by atoms with E-state index in [1.54, 1.807) is 49.4 Å². The third-order valence-electron chi connectivity index (χ3n) is 3.54. The number of nitrogens with two attached hydrogens (primary N) is 1. The van der Waals surface area contributed by atoms with Crippen molar-refractivity contribution >= 4 is 27.7 Å². The van der Waals surface area contributed by atoms with Crippen LogP contribution in [0.5, 0.6) is 5.75 Å². The first-order chi connectivity index (χ1) is 13.2. The maximum absolute atomic E-state index is 12.1. The molecule has 9 nitrogen and oxygen atoms in total. The van der Waals surface area contributed by atoms with Gasteiger partial charge in [0, 0.05) is 6.54 Å². The van der Waals surface area contributed by atoms with E-state index < -0.39 is 28.1 Å². The summed E-state index contributed by atoms with van der Waals surface area (Å²) in [6.45, 7) is 1.50. The monoisotopic (exact) mass is 406 g/mol. The highest BCUT2D eigenvalue weighted by molar-refractivity contribution is 7.90. The van der Waals surface area contributed by atoms with Crippen LogP contribution in [0.15, 0.2) is 54.6 Å². The van der Waals surface area contributed by atoms with Gasteiger partial charge in [0.05, 0.1) is 5.69 Å². The molecule has 0 spiro atoms. The van der Waals surface area contributed by atoms with Gasteiger partial charge in [-0.25, -0.2) is 5.14 Å². The van der Waals surface area contributed by atoms with Crippen molar-refractivity contribution in [1.82, 2.24) is 10.6 Å². The summed E-state index contributed by atoms with van der Waals surface area (Å²) in [7, 11) is -3.87. The number of anilines is 1. The summed E-state index contributed by atoms with van der Waals surface area (Å²) < 4.78 is 29.6. The van der Waals surface area contributed by atoms with Crippen molar-refractivity contribution in [3.05, 3.63) is 60.2 Å². The molecule has 5 N–H and O–H groups in total. The number of nitrogens with one attached hydrogen (secondary N) is 3. The van der Waals surface area contributed by atoms with E-state index >= 15 is 0 Å². The summed E-state index contributed by atoms with van der Waals surface area (Å²) in [5, 5.41) is 10.1. The van der Waals surface area contributed by atoms with Gasteiger partial charge in [-0.05, 0) is 36.8 Å². The molecule has 2 amide bonds. The van der Waals surface area contributed by atoms with Crippen LogP contribution in [0.25, 0.3) is 0 Å². The minimum absolute atomic E-state index is 0.152. The Morgan fingerprint density at radius 1 is 1.11 bits per heavy atom. The maximum Gasteiger partial charge on any atom is 0.296 e. The third kappa shape index (κ3) is 7.64. The molecular weight excluding hydrogens is 384 g/mol. The van der Waals surface area contributed by atoms with Gasteiger partial charge in [0.1, 0.15) is 11.8 Å². The number of carbonyl (C=O) groups is 2. The zero-order valence-corrected chi connectivity index (χ0v) is 16.0. The van der Waals surface area contributed by atoms with E-state index in [0.29, 0.717) is 11.3 Å². The zero-order valence-electron chi connectivity index (χ0n) is 15.2. The van der Waals surface area contributed by atoms with Gasteiger partial charge < -0.3 is 15.4 Å². The molecule has 0 aliphatic rings. The summed E-state index contributed by atoms with van der Waals surface area (Å²) in [4.78, 5) is 24.0. The minimum atomic E-state index is -3.87. The number of amides is 2. The molecule has 1 unspecified atom stereocenters. The molecule has 0 aliphatic carbocycles. The van der Waals surface area contributed by atoms with Crippen LogP contribution >= 0.6 is 0 Å². The van der Waals surface area contributed by atoms with E-state index in [-0.39, 0.29) is 18.8 Å². The molecule has 0 saturated carbocycles. The highest BCUT2D eigenvalue weighted by Crippen LogP contribution is 2.11. The summed E-state index contributed by atoms with van der Waals surface area (Å²) in [6.07, 6.45) is 0. The number of carbonyl (C=O) groups excluding carboxylic acids is 2. The highest BCUT2D eigenvalue weighted by Gasteiger charge is 2.15. The molecule has 0 aromatic heterocycles. The van der Waals surface area contributed by atoms with Gasteiger partial charge in [0.25, 0.3) is 16.1 Å². The molecule has 0 bridgehead atoms. The fraction of sp³-hybridized carbons (Fsp3) is 0.222. The van der Waals surface area contributed by atoms with Crippen LogP contribution < -0.4 is 25.2 Å². The second-order valence-electron chi connectivity index (χ2n) is 5.96. The fourth-order valence-electron chi connectivity index (χ4n) is 2.27. The molecule has 2 rings (SSSR count). The first-order valence-corrected chi connectivity index (χ1v) is 9.92. The van der Waals surface area contributed by atoms with E-state index in [9.17, 15) is 18.0 Å². The van der Waals surface area contributed by atoms with Crippen LogP contribution in [0, 0.1) is 0 Å². The summed E-state index contributed by atoms with van der Waals surface area (Å²) in [6, 6.07) is 14.5. The van der Waals surface area contributed by atoms with Gasteiger partial charge in [-0.15, -0.1) is 0 Å². The second kappa shape index (κ2) is 9.72.